The van der Waals surface area contributed by atoms with Crippen molar-refractivity contribution in [1.82, 2.24) is 0 Å². The Labute approximate surface area is 77.7 Å². The number of hydrogen-bond acceptors (Lipinski definition) is 3. The maximum Gasteiger partial charge on any atom is 0.337 e. The Morgan fingerprint density at radius 3 is 2.62 bits per heavy atom. The van der Waals surface area contributed by atoms with Gasteiger partial charge in [0.05, 0.1) is 18.8 Å². The molecule has 3 nitrogen and oxygen atoms in total. The lowest BCUT2D eigenvalue weighted by molar-refractivity contribution is -0.135. The third-order valence-electron chi connectivity index (χ3n) is 2.49. The first-order chi connectivity index (χ1) is 6.38. The molecule has 0 N–H and O–H groups in total. The minimum atomic E-state index is -0.170. The molecule has 2 aliphatic heterocycles. The second kappa shape index (κ2) is 3.81. The average Bonchev–Trinajstić information content (AvgIpc) is 2.43. The highest BCUT2D eigenvalue weighted by Crippen LogP contribution is 2.25. The molecule has 72 valence electrons. The molecule has 2 aliphatic rings. The predicted octanol–water partition coefficient (Wildman–Crippen LogP) is 1.78. The van der Waals surface area contributed by atoms with Gasteiger partial charge in [-0.25, -0.2) is 4.79 Å². The van der Waals surface area contributed by atoms with Crippen molar-refractivity contribution in [2.24, 2.45) is 0 Å². The van der Waals surface area contributed by atoms with Crippen LogP contribution in [0.25, 0.3) is 0 Å². The molecule has 3 heteroatoms. The average molecular weight is 182 g/mol. The number of cyclic esters (lactones) is 1. The molecule has 0 bridgehead atoms. The van der Waals surface area contributed by atoms with Gasteiger partial charge < -0.3 is 9.47 Å². The molecule has 0 aromatic heterocycles. The van der Waals surface area contributed by atoms with Crippen molar-refractivity contribution < 1.29 is 14.3 Å². The lowest BCUT2D eigenvalue weighted by Gasteiger charge is -2.06. The van der Waals surface area contributed by atoms with Gasteiger partial charge in [0.25, 0.3) is 0 Å². The molecule has 2 heterocycles. The molecule has 0 aliphatic carbocycles. The molecule has 2 saturated heterocycles. The summed E-state index contributed by atoms with van der Waals surface area (Å²) in [5, 5.41) is 0. The van der Waals surface area contributed by atoms with Gasteiger partial charge in [0, 0.05) is 12.8 Å². The highest BCUT2D eigenvalue weighted by Gasteiger charge is 2.24. The van der Waals surface area contributed by atoms with Gasteiger partial charge >= 0.3 is 5.97 Å². The van der Waals surface area contributed by atoms with E-state index in [0.29, 0.717) is 6.61 Å². The molecular formula is C10H14O3. The van der Waals surface area contributed by atoms with E-state index in [1.807, 2.05) is 0 Å². The summed E-state index contributed by atoms with van der Waals surface area (Å²) in [6.45, 7) is 1.28. The first-order valence-electron chi connectivity index (χ1n) is 4.90. The third-order valence-corrected chi connectivity index (χ3v) is 2.49. The molecule has 0 atom stereocenters. The van der Waals surface area contributed by atoms with Gasteiger partial charge in [-0.2, -0.15) is 0 Å². The van der Waals surface area contributed by atoms with Crippen LogP contribution in [0.15, 0.2) is 11.3 Å². The highest BCUT2D eigenvalue weighted by molar-refractivity contribution is 5.90. The van der Waals surface area contributed by atoms with Crippen LogP contribution in [0.5, 0.6) is 0 Å². The van der Waals surface area contributed by atoms with Crippen molar-refractivity contribution in [2.45, 2.75) is 32.1 Å². The molecule has 0 unspecified atom stereocenters. The van der Waals surface area contributed by atoms with Crippen LogP contribution < -0.4 is 0 Å². The summed E-state index contributed by atoms with van der Waals surface area (Å²) in [7, 11) is 0. The van der Waals surface area contributed by atoms with Crippen molar-refractivity contribution in [3.63, 3.8) is 0 Å². The van der Waals surface area contributed by atoms with E-state index in [1.54, 1.807) is 0 Å². The first-order valence-corrected chi connectivity index (χ1v) is 4.90. The lowest BCUT2D eigenvalue weighted by atomic mass is 10.1. The summed E-state index contributed by atoms with van der Waals surface area (Å²) in [6.07, 6.45) is 5.07. The Morgan fingerprint density at radius 2 is 1.85 bits per heavy atom. The zero-order chi connectivity index (χ0) is 9.10. The maximum atomic E-state index is 11.2. The molecule has 0 amide bonds. The monoisotopic (exact) mass is 182 g/mol. The maximum absolute atomic E-state index is 11.2. The number of carbonyl (C=O) groups is 1. The molecule has 0 aromatic carbocycles. The van der Waals surface area contributed by atoms with Crippen LogP contribution in [-0.2, 0) is 14.3 Å². The Bertz CT molecular complexity index is 233. The van der Waals surface area contributed by atoms with E-state index in [1.165, 1.54) is 6.42 Å². The summed E-state index contributed by atoms with van der Waals surface area (Å²) in [5.41, 5.74) is 0.780. The van der Waals surface area contributed by atoms with E-state index in [-0.39, 0.29) is 5.97 Å². The van der Waals surface area contributed by atoms with Crippen molar-refractivity contribution in [2.75, 3.05) is 13.2 Å². The topological polar surface area (TPSA) is 35.5 Å². The predicted molar refractivity (Wildman–Crippen MR) is 47.0 cm³/mol. The Hall–Kier alpha value is -0.990. The SMILES string of the molecule is O=C1OCC/C1=C1/CCCCCO1. The lowest BCUT2D eigenvalue weighted by Crippen LogP contribution is -2.02. The summed E-state index contributed by atoms with van der Waals surface area (Å²) in [6, 6.07) is 0. The van der Waals surface area contributed by atoms with Gasteiger partial charge in [0.15, 0.2) is 0 Å². The minimum absolute atomic E-state index is 0.170. The molecule has 0 saturated carbocycles. The molecule has 0 radical (unpaired) electrons. The van der Waals surface area contributed by atoms with Gasteiger partial charge in [0.2, 0.25) is 0 Å². The number of esters is 1. The number of allylic oxidation sites excluding steroid dienone is 1. The normalized spacial score (nSPS) is 29.4. The molecule has 0 aromatic rings. The largest absolute Gasteiger partial charge is 0.497 e. The third kappa shape index (κ3) is 1.85. The van der Waals surface area contributed by atoms with E-state index in [9.17, 15) is 4.79 Å². The van der Waals surface area contributed by atoms with Gasteiger partial charge in [-0.15, -0.1) is 0 Å². The Balaban J connectivity index is 2.14. The van der Waals surface area contributed by atoms with Crippen molar-refractivity contribution in [3.05, 3.63) is 11.3 Å². The van der Waals surface area contributed by atoms with E-state index in [4.69, 9.17) is 9.47 Å². The van der Waals surface area contributed by atoms with Crippen LogP contribution in [-0.4, -0.2) is 19.2 Å². The molecule has 13 heavy (non-hydrogen) atoms. The number of carbonyl (C=O) groups excluding carboxylic acids is 1. The van der Waals surface area contributed by atoms with E-state index in [0.717, 1.165) is 43.6 Å². The highest BCUT2D eigenvalue weighted by atomic mass is 16.5. The first kappa shape index (κ1) is 8.60. The van der Waals surface area contributed by atoms with Gasteiger partial charge in [-0.1, -0.05) is 0 Å². The van der Waals surface area contributed by atoms with Crippen LogP contribution in [0.1, 0.15) is 32.1 Å². The summed E-state index contributed by atoms with van der Waals surface area (Å²) in [4.78, 5) is 11.2. The minimum Gasteiger partial charge on any atom is -0.497 e. The second-order valence-corrected chi connectivity index (χ2v) is 3.45. The van der Waals surface area contributed by atoms with Crippen molar-refractivity contribution in [3.8, 4) is 0 Å². The smallest absolute Gasteiger partial charge is 0.337 e. The van der Waals surface area contributed by atoms with Crippen LogP contribution in [0.2, 0.25) is 0 Å². The standard InChI is InChI=1S/C10H14O3/c11-10-8(5-7-13-10)9-4-2-1-3-6-12-9/h1-7H2/b9-8+. The molecule has 0 spiro atoms. The van der Waals surface area contributed by atoms with E-state index < -0.39 is 0 Å². The van der Waals surface area contributed by atoms with Crippen molar-refractivity contribution in [1.29, 1.82) is 0 Å². The van der Waals surface area contributed by atoms with Crippen molar-refractivity contribution >= 4 is 5.97 Å². The molecule has 2 fully saturated rings. The fourth-order valence-corrected chi connectivity index (χ4v) is 1.76. The van der Waals surface area contributed by atoms with Gasteiger partial charge in [-0.3, -0.25) is 0 Å². The zero-order valence-electron chi connectivity index (χ0n) is 7.67. The summed E-state index contributed by atoms with van der Waals surface area (Å²) in [5.74, 6) is 0.719. The fraction of sp³-hybridized carbons (Fsp3) is 0.700. The number of rotatable bonds is 0. The van der Waals surface area contributed by atoms with E-state index in [2.05, 4.69) is 0 Å². The van der Waals surface area contributed by atoms with Crippen LogP contribution in [0.3, 0.4) is 0 Å². The summed E-state index contributed by atoms with van der Waals surface area (Å²) >= 11 is 0. The van der Waals surface area contributed by atoms with Crippen LogP contribution in [0.4, 0.5) is 0 Å². The summed E-state index contributed by atoms with van der Waals surface area (Å²) < 4.78 is 10.4. The molecule has 2 rings (SSSR count). The Kier molecular flexibility index (Phi) is 2.52. The fourth-order valence-electron chi connectivity index (χ4n) is 1.76. The zero-order valence-corrected chi connectivity index (χ0v) is 7.67. The Morgan fingerprint density at radius 1 is 0.923 bits per heavy atom. The number of ether oxygens (including phenoxy) is 2. The quantitative estimate of drug-likeness (QED) is 0.423. The van der Waals surface area contributed by atoms with Gasteiger partial charge in [0.1, 0.15) is 5.76 Å². The molecular weight excluding hydrogens is 168 g/mol. The van der Waals surface area contributed by atoms with Gasteiger partial charge in [-0.05, 0) is 19.3 Å². The van der Waals surface area contributed by atoms with Crippen LogP contribution in [0, 0.1) is 0 Å². The van der Waals surface area contributed by atoms with Crippen LogP contribution >= 0.6 is 0 Å². The second-order valence-electron chi connectivity index (χ2n) is 3.45. The number of hydrogen-bond donors (Lipinski definition) is 0. The van der Waals surface area contributed by atoms with E-state index >= 15 is 0 Å².